The van der Waals surface area contributed by atoms with Crippen molar-refractivity contribution in [2.45, 2.75) is 33.5 Å². The minimum atomic E-state index is -0.224. The lowest BCUT2D eigenvalue weighted by molar-refractivity contribution is 0.251. The third kappa shape index (κ3) is 3.77. The van der Waals surface area contributed by atoms with Gasteiger partial charge in [0.2, 0.25) is 0 Å². The normalized spacial score (nSPS) is 13.4. The molecule has 0 aliphatic heterocycles. The summed E-state index contributed by atoms with van der Waals surface area (Å²) in [5.41, 5.74) is 1.03. The zero-order valence-electron chi connectivity index (χ0n) is 12.8. The van der Waals surface area contributed by atoms with Crippen molar-refractivity contribution in [3.05, 3.63) is 46.7 Å². The summed E-state index contributed by atoms with van der Waals surface area (Å²) in [5.74, 6) is -0.224. The highest BCUT2D eigenvalue weighted by Gasteiger charge is 2.26. The van der Waals surface area contributed by atoms with Crippen molar-refractivity contribution in [2.24, 2.45) is 12.5 Å². The molecule has 1 heterocycles. The van der Waals surface area contributed by atoms with E-state index in [-0.39, 0.29) is 17.3 Å². The fourth-order valence-electron chi connectivity index (χ4n) is 2.29. The van der Waals surface area contributed by atoms with Crippen LogP contribution >= 0.6 is 12.2 Å². The predicted octanol–water partition coefficient (Wildman–Crippen LogP) is 3.42. The van der Waals surface area contributed by atoms with E-state index >= 15 is 0 Å². The van der Waals surface area contributed by atoms with Crippen LogP contribution in [0, 0.1) is 16.0 Å². The van der Waals surface area contributed by atoms with Gasteiger partial charge in [-0.1, -0.05) is 32.9 Å². The Morgan fingerprint density at radius 3 is 2.38 bits per heavy atom. The summed E-state index contributed by atoms with van der Waals surface area (Å²) in [6.07, 6.45) is 1.69. The van der Waals surface area contributed by atoms with Gasteiger partial charge in [0.1, 0.15) is 12.1 Å². The lowest BCUT2D eigenvalue weighted by Gasteiger charge is -2.32. The lowest BCUT2D eigenvalue weighted by Crippen LogP contribution is -2.34. The van der Waals surface area contributed by atoms with Crippen LogP contribution in [0.1, 0.15) is 32.4 Å². The van der Waals surface area contributed by atoms with Crippen molar-refractivity contribution in [3.8, 4) is 0 Å². The van der Waals surface area contributed by atoms with Gasteiger partial charge in [-0.15, -0.1) is 0 Å². The number of nitrogens with zero attached hydrogens (tertiary/aromatic N) is 3. The van der Waals surface area contributed by atoms with Crippen LogP contribution in [0.2, 0.25) is 0 Å². The Morgan fingerprint density at radius 1 is 1.29 bits per heavy atom. The van der Waals surface area contributed by atoms with Gasteiger partial charge >= 0.3 is 0 Å². The first-order valence-electron chi connectivity index (χ1n) is 6.86. The van der Waals surface area contributed by atoms with E-state index in [9.17, 15) is 4.39 Å². The van der Waals surface area contributed by atoms with Crippen molar-refractivity contribution >= 4 is 12.2 Å². The fraction of sp³-hybridized carbons (Fsp3) is 0.467. The quantitative estimate of drug-likeness (QED) is 0.879. The zero-order valence-corrected chi connectivity index (χ0v) is 13.6. The Hall–Kier alpha value is -1.53. The summed E-state index contributed by atoms with van der Waals surface area (Å²) in [7, 11) is 1.87. The van der Waals surface area contributed by atoms with Crippen LogP contribution in [0.5, 0.6) is 0 Å². The maximum atomic E-state index is 13.1. The van der Waals surface area contributed by atoms with Gasteiger partial charge in [-0.3, -0.25) is 5.32 Å². The van der Waals surface area contributed by atoms with Crippen LogP contribution in [0.4, 0.5) is 4.39 Å². The molecule has 2 rings (SSSR count). The molecule has 1 aromatic carbocycles. The molecule has 1 atom stereocenters. The number of nitrogens with one attached hydrogen (secondary N) is 1. The molecule has 1 aromatic heterocycles. The molecule has 21 heavy (non-hydrogen) atoms. The van der Waals surface area contributed by atoms with E-state index in [0.717, 1.165) is 5.56 Å². The average molecular weight is 308 g/mol. The molecule has 114 valence electrons. The summed E-state index contributed by atoms with van der Waals surface area (Å²) >= 11 is 5.28. The van der Waals surface area contributed by atoms with Crippen molar-refractivity contribution < 1.29 is 4.39 Å². The molecule has 0 fully saturated rings. The standard InChI is InChI=1S/C15H21FN4S/c1-15(2,3)13(11-5-7-12(16)8-6-11)17-9-20-14(21)19(4)10-18-20/h5-8,10,13,17H,9H2,1-4H3/t13-/m1/s1. The van der Waals surface area contributed by atoms with Gasteiger partial charge in [-0.2, -0.15) is 5.10 Å². The molecule has 6 heteroatoms. The number of aryl methyl sites for hydroxylation is 1. The van der Waals surface area contributed by atoms with E-state index < -0.39 is 0 Å². The second kappa shape index (κ2) is 6.07. The number of hydrogen-bond donors (Lipinski definition) is 1. The smallest absolute Gasteiger partial charge is 0.198 e. The summed E-state index contributed by atoms with van der Waals surface area (Å²) < 4.78 is 17.3. The number of rotatable bonds is 4. The first kappa shape index (κ1) is 15.9. The van der Waals surface area contributed by atoms with Crippen LogP contribution in [-0.2, 0) is 13.7 Å². The first-order chi connectivity index (χ1) is 9.79. The van der Waals surface area contributed by atoms with Crippen molar-refractivity contribution in [3.63, 3.8) is 0 Å². The van der Waals surface area contributed by atoms with Crippen LogP contribution < -0.4 is 5.32 Å². The molecular weight excluding hydrogens is 287 g/mol. The molecule has 0 radical (unpaired) electrons. The second-order valence-electron chi connectivity index (χ2n) is 6.24. The van der Waals surface area contributed by atoms with Crippen LogP contribution in [0.25, 0.3) is 0 Å². The molecule has 2 aromatic rings. The van der Waals surface area contributed by atoms with Gasteiger partial charge in [-0.25, -0.2) is 9.07 Å². The Kier molecular flexibility index (Phi) is 4.58. The van der Waals surface area contributed by atoms with Gasteiger partial charge in [0, 0.05) is 13.1 Å². The maximum absolute atomic E-state index is 13.1. The highest BCUT2D eigenvalue weighted by atomic mass is 32.1. The molecule has 0 aliphatic carbocycles. The molecule has 0 amide bonds. The van der Waals surface area contributed by atoms with E-state index in [1.165, 1.54) is 12.1 Å². The third-order valence-electron chi connectivity index (χ3n) is 3.40. The molecular formula is C15H21FN4S. The minimum absolute atomic E-state index is 0.0191. The van der Waals surface area contributed by atoms with E-state index in [2.05, 4.69) is 31.2 Å². The SMILES string of the molecule is Cn1cnn(CN[C@H](c2ccc(F)cc2)C(C)(C)C)c1=S. The minimum Gasteiger partial charge on any atom is -0.310 e. The molecule has 1 N–H and O–H groups in total. The highest BCUT2D eigenvalue weighted by Crippen LogP contribution is 2.32. The Labute approximate surface area is 129 Å². The van der Waals surface area contributed by atoms with Gasteiger partial charge in [-0.05, 0) is 35.3 Å². The molecule has 0 unspecified atom stereocenters. The Balaban J connectivity index is 2.20. The van der Waals surface area contributed by atoms with E-state index in [1.54, 1.807) is 15.6 Å². The molecule has 0 saturated carbocycles. The van der Waals surface area contributed by atoms with Gasteiger partial charge in [0.25, 0.3) is 0 Å². The van der Waals surface area contributed by atoms with Gasteiger partial charge in [0.15, 0.2) is 4.77 Å². The number of aromatic nitrogens is 3. The molecule has 0 saturated heterocycles. The predicted molar refractivity (Wildman–Crippen MR) is 83.8 cm³/mol. The Morgan fingerprint density at radius 2 is 1.90 bits per heavy atom. The largest absolute Gasteiger partial charge is 0.310 e. The summed E-state index contributed by atoms with van der Waals surface area (Å²) in [6, 6.07) is 6.68. The van der Waals surface area contributed by atoms with Crippen molar-refractivity contribution in [1.82, 2.24) is 19.7 Å². The van der Waals surface area contributed by atoms with E-state index in [0.29, 0.717) is 11.4 Å². The van der Waals surface area contributed by atoms with Gasteiger partial charge < -0.3 is 4.57 Å². The number of hydrogen-bond acceptors (Lipinski definition) is 3. The van der Waals surface area contributed by atoms with E-state index in [1.807, 2.05) is 19.2 Å². The maximum Gasteiger partial charge on any atom is 0.198 e. The monoisotopic (exact) mass is 308 g/mol. The van der Waals surface area contributed by atoms with Crippen LogP contribution in [0.3, 0.4) is 0 Å². The summed E-state index contributed by atoms with van der Waals surface area (Å²) in [4.78, 5) is 0. The summed E-state index contributed by atoms with van der Waals surface area (Å²) in [6.45, 7) is 6.95. The first-order valence-corrected chi connectivity index (χ1v) is 7.27. The highest BCUT2D eigenvalue weighted by molar-refractivity contribution is 7.71. The fourth-order valence-corrected chi connectivity index (χ4v) is 2.44. The van der Waals surface area contributed by atoms with Crippen LogP contribution in [-0.4, -0.2) is 14.3 Å². The van der Waals surface area contributed by atoms with Gasteiger partial charge in [0.05, 0.1) is 6.67 Å². The second-order valence-corrected chi connectivity index (χ2v) is 6.60. The topological polar surface area (TPSA) is 34.8 Å². The Bertz CT molecular complexity index is 652. The van der Waals surface area contributed by atoms with E-state index in [4.69, 9.17) is 12.2 Å². The zero-order chi connectivity index (χ0) is 15.6. The van der Waals surface area contributed by atoms with Crippen LogP contribution in [0.15, 0.2) is 30.6 Å². The van der Waals surface area contributed by atoms with Crippen molar-refractivity contribution in [2.75, 3.05) is 0 Å². The average Bonchev–Trinajstić information content (AvgIpc) is 2.71. The molecule has 0 bridgehead atoms. The number of benzene rings is 1. The third-order valence-corrected chi connectivity index (χ3v) is 3.90. The van der Waals surface area contributed by atoms with Crippen molar-refractivity contribution in [1.29, 1.82) is 0 Å². The summed E-state index contributed by atoms with van der Waals surface area (Å²) in [5, 5.41) is 7.69. The molecule has 0 aliphatic rings. The molecule has 0 spiro atoms. The molecule has 4 nitrogen and oxygen atoms in total. The lowest BCUT2D eigenvalue weighted by atomic mass is 9.82. The number of halogens is 1.